The highest BCUT2D eigenvalue weighted by Gasteiger charge is 2.52. The summed E-state index contributed by atoms with van der Waals surface area (Å²) < 4.78 is 34.5. The molecule has 0 heterocycles. The summed E-state index contributed by atoms with van der Waals surface area (Å²) in [5.74, 6) is -1.10. The van der Waals surface area contributed by atoms with Gasteiger partial charge in [-0.15, -0.1) is 0 Å². The Hall–Kier alpha value is -0.210. The predicted octanol–water partition coefficient (Wildman–Crippen LogP) is 2.20. The number of hydrogen-bond donors (Lipinski definition) is 0. The highest BCUT2D eigenvalue weighted by Crippen LogP contribution is 2.49. The topological polar surface area (TPSA) is 0 Å². The Bertz CT molecular complexity index is 94.3. The maximum Gasteiger partial charge on any atom is 0.392 e. The van der Waals surface area contributed by atoms with Gasteiger partial charge in [-0.3, -0.25) is 0 Å². The number of rotatable bonds is 0. The zero-order chi connectivity index (χ0) is 6.36. The van der Waals surface area contributed by atoms with Crippen molar-refractivity contribution in [3.8, 4) is 0 Å². The molecule has 3 heteroatoms. The van der Waals surface area contributed by atoms with Crippen molar-refractivity contribution >= 4 is 0 Å². The summed E-state index contributed by atoms with van der Waals surface area (Å²) in [6.45, 7) is 1.62. The van der Waals surface area contributed by atoms with Crippen molar-refractivity contribution in [1.82, 2.24) is 0 Å². The van der Waals surface area contributed by atoms with Crippen molar-refractivity contribution in [2.24, 2.45) is 11.8 Å². The molecule has 0 bridgehead atoms. The Balaban J connectivity index is 2.39. The molecule has 0 aromatic heterocycles. The third kappa shape index (κ3) is 0.956. The van der Waals surface area contributed by atoms with Crippen LogP contribution in [0.5, 0.6) is 0 Å². The summed E-state index contributed by atoms with van der Waals surface area (Å²) >= 11 is 0. The van der Waals surface area contributed by atoms with Crippen LogP contribution in [-0.4, -0.2) is 6.18 Å². The van der Waals surface area contributed by atoms with Gasteiger partial charge in [0.05, 0.1) is 5.92 Å². The van der Waals surface area contributed by atoms with Gasteiger partial charge in [0.1, 0.15) is 0 Å². The average Bonchev–Trinajstić information content (AvgIpc) is 2.13. The highest BCUT2D eigenvalue weighted by molar-refractivity contribution is 4.87. The molecule has 0 aromatic rings. The lowest BCUT2D eigenvalue weighted by atomic mass is 10.3. The largest absolute Gasteiger partial charge is 0.392 e. The Morgan fingerprint density at radius 3 is 1.75 bits per heavy atom. The lowest BCUT2D eigenvalue weighted by molar-refractivity contribution is -0.150. The van der Waals surface area contributed by atoms with E-state index in [1.807, 2.05) is 0 Å². The van der Waals surface area contributed by atoms with Gasteiger partial charge in [0.25, 0.3) is 0 Å². The molecule has 0 nitrogen and oxygen atoms in total. The van der Waals surface area contributed by atoms with Gasteiger partial charge in [0, 0.05) is 0 Å². The third-order valence-corrected chi connectivity index (χ3v) is 1.53. The van der Waals surface area contributed by atoms with Crippen molar-refractivity contribution in [3.63, 3.8) is 0 Å². The van der Waals surface area contributed by atoms with Crippen LogP contribution < -0.4 is 0 Å². The van der Waals surface area contributed by atoms with Crippen LogP contribution in [0, 0.1) is 11.8 Å². The highest BCUT2D eigenvalue weighted by atomic mass is 19.4. The second-order valence-corrected chi connectivity index (χ2v) is 2.36. The molecular formula is C5H7F3. The van der Waals surface area contributed by atoms with E-state index < -0.39 is 12.1 Å². The van der Waals surface area contributed by atoms with E-state index in [4.69, 9.17) is 0 Å². The van der Waals surface area contributed by atoms with Crippen LogP contribution >= 0.6 is 0 Å². The van der Waals surface area contributed by atoms with Crippen LogP contribution in [0.3, 0.4) is 0 Å². The molecule has 1 saturated carbocycles. The molecule has 0 saturated heterocycles. The predicted molar refractivity (Wildman–Crippen MR) is 23.3 cm³/mol. The number of hydrogen-bond acceptors (Lipinski definition) is 0. The first kappa shape index (κ1) is 5.92. The number of halogens is 3. The first-order chi connectivity index (χ1) is 3.52. The van der Waals surface area contributed by atoms with Crippen molar-refractivity contribution in [2.45, 2.75) is 19.5 Å². The van der Waals surface area contributed by atoms with Gasteiger partial charge < -0.3 is 0 Å². The summed E-state index contributed by atoms with van der Waals surface area (Å²) in [6, 6.07) is 0. The molecule has 1 aliphatic carbocycles. The molecule has 1 aliphatic rings. The quantitative estimate of drug-likeness (QED) is 0.464. The standard InChI is InChI=1S/C5H7F3/c1-3-2-4(3)5(6,7)8/h3-4H,2H2,1H3/t3-,4-/m1/s1. The molecule has 1 rings (SSSR count). The van der Waals surface area contributed by atoms with E-state index in [1.165, 1.54) is 0 Å². The first-order valence-electron chi connectivity index (χ1n) is 2.58. The minimum absolute atomic E-state index is 0.116. The van der Waals surface area contributed by atoms with E-state index in [-0.39, 0.29) is 5.92 Å². The van der Waals surface area contributed by atoms with Gasteiger partial charge in [-0.25, -0.2) is 0 Å². The summed E-state index contributed by atoms with van der Waals surface area (Å²) in [5.41, 5.74) is 0. The van der Waals surface area contributed by atoms with Crippen LogP contribution in [-0.2, 0) is 0 Å². The fourth-order valence-corrected chi connectivity index (χ4v) is 0.778. The van der Waals surface area contributed by atoms with E-state index in [1.54, 1.807) is 6.92 Å². The van der Waals surface area contributed by atoms with Crippen molar-refractivity contribution in [3.05, 3.63) is 0 Å². The van der Waals surface area contributed by atoms with Gasteiger partial charge in [0.2, 0.25) is 0 Å². The monoisotopic (exact) mass is 124 g/mol. The summed E-state index contributed by atoms with van der Waals surface area (Å²) in [6.07, 6.45) is -3.58. The van der Waals surface area contributed by atoms with E-state index in [2.05, 4.69) is 0 Å². The lowest BCUT2D eigenvalue weighted by Gasteiger charge is -2.01. The Morgan fingerprint density at radius 2 is 1.75 bits per heavy atom. The first-order valence-corrected chi connectivity index (χ1v) is 2.58. The normalized spacial score (nSPS) is 37.5. The van der Waals surface area contributed by atoms with Gasteiger partial charge in [0.15, 0.2) is 0 Å². The maximum atomic E-state index is 11.5. The van der Waals surface area contributed by atoms with E-state index in [9.17, 15) is 13.2 Å². The Kier molecular flexibility index (Phi) is 1.03. The molecule has 0 amide bonds. The van der Waals surface area contributed by atoms with Gasteiger partial charge in [-0.1, -0.05) is 6.92 Å². The van der Waals surface area contributed by atoms with Gasteiger partial charge in [-0.05, 0) is 12.3 Å². The fraction of sp³-hybridized carbons (Fsp3) is 1.00. The fourth-order valence-electron chi connectivity index (χ4n) is 0.778. The minimum atomic E-state index is -3.92. The maximum absolute atomic E-state index is 11.5. The third-order valence-electron chi connectivity index (χ3n) is 1.53. The van der Waals surface area contributed by atoms with Gasteiger partial charge >= 0.3 is 6.18 Å². The molecule has 0 unspecified atom stereocenters. The van der Waals surface area contributed by atoms with Crippen LogP contribution in [0.4, 0.5) is 13.2 Å². The van der Waals surface area contributed by atoms with Crippen LogP contribution in [0.1, 0.15) is 13.3 Å². The molecule has 0 spiro atoms. The smallest absolute Gasteiger partial charge is 0.171 e. The average molecular weight is 124 g/mol. The summed E-state index contributed by atoms with van der Waals surface area (Å²) in [4.78, 5) is 0. The molecular weight excluding hydrogens is 117 g/mol. The van der Waals surface area contributed by atoms with Crippen LogP contribution in [0.15, 0.2) is 0 Å². The van der Waals surface area contributed by atoms with Crippen molar-refractivity contribution in [2.75, 3.05) is 0 Å². The molecule has 0 N–H and O–H groups in total. The van der Waals surface area contributed by atoms with Gasteiger partial charge in [-0.2, -0.15) is 13.2 Å². The molecule has 0 aliphatic heterocycles. The second-order valence-electron chi connectivity index (χ2n) is 2.36. The van der Waals surface area contributed by atoms with E-state index >= 15 is 0 Å². The Morgan fingerprint density at radius 1 is 1.38 bits per heavy atom. The zero-order valence-corrected chi connectivity index (χ0v) is 4.50. The molecule has 0 aromatic carbocycles. The second kappa shape index (κ2) is 1.39. The van der Waals surface area contributed by atoms with Crippen molar-refractivity contribution in [1.29, 1.82) is 0 Å². The molecule has 8 heavy (non-hydrogen) atoms. The van der Waals surface area contributed by atoms with E-state index in [0.29, 0.717) is 6.42 Å². The summed E-state index contributed by atoms with van der Waals surface area (Å²) in [5, 5.41) is 0. The molecule has 0 radical (unpaired) electrons. The van der Waals surface area contributed by atoms with Crippen LogP contribution in [0.2, 0.25) is 0 Å². The summed E-state index contributed by atoms with van der Waals surface area (Å²) in [7, 11) is 0. The van der Waals surface area contributed by atoms with Crippen molar-refractivity contribution < 1.29 is 13.2 Å². The minimum Gasteiger partial charge on any atom is -0.171 e. The SMILES string of the molecule is C[C@@H]1C[C@H]1C(F)(F)F. The molecule has 48 valence electrons. The van der Waals surface area contributed by atoms with Crippen LogP contribution in [0.25, 0.3) is 0 Å². The lowest BCUT2D eigenvalue weighted by Crippen LogP contribution is -2.10. The Labute approximate surface area is 45.7 Å². The zero-order valence-electron chi connectivity index (χ0n) is 4.50. The molecule has 2 atom stereocenters. The molecule has 1 fully saturated rings. The van der Waals surface area contributed by atoms with E-state index in [0.717, 1.165) is 0 Å². The number of alkyl halides is 3.